The van der Waals surface area contributed by atoms with Gasteiger partial charge in [-0.15, -0.1) is 0 Å². The topological polar surface area (TPSA) is 59.1 Å². The van der Waals surface area contributed by atoms with E-state index in [1.165, 1.54) is 0 Å². The minimum atomic E-state index is -0.313. The average molecular weight is 402 g/mol. The first-order valence-electron chi connectivity index (χ1n) is 6.71. The van der Waals surface area contributed by atoms with E-state index in [9.17, 15) is 9.59 Å². The zero-order valence-electron chi connectivity index (χ0n) is 11.3. The number of nitrogens with zero attached hydrogens (tertiary/aromatic N) is 2. The van der Waals surface area contributed by atoms with Gasteiger partial charge in [-0.1, -0.05) is 22.6 Å². The summed E-state index contributed by atoms with van der Waals surface area (Å²) in [5.74, 6) is -0.0421. The van der Waals surface area contributed by atoms with Crippen LogP contribution in [0.15, 0.2) is 24.3 Å². The number of rotatable bonds is 3. The van der Waals surface area contributed by atoms with E-state index in [4.69, 9.17) is 9.47 Å². The van der Waals surface area contributed by atoms with Crippen LogP contribution in [-0.2, 0) is 14.3 Å². The first kappa shape index (κ1) is 14.6. The second-order valence-electron chi connectivity index (χ2n) is 4.89. The summed E-state index contributed by atoms with van der Waals surface area (Å²) in [5, 5.41) is 0. The number of halogens is 1. The minimum Gasteiger partial charge on any atom is -0.443 e. The van der Waals surface area contributed by atoms with E-state index in [0.717, 1.165) is 15.8 Å². The van der Waals surface area contributed by atoms with E-state index in [0.29, 0.717) is 19.7 Å². The van der Waals surface area contributed by atoms with Crippen molar-refractivity contribution < 1.29 is 19.1 Å². The van der Waals surface area contributed by atoms with Crippen LogP contribution in [0, 0.1) is 0 Å². The van der Waals surface area contributed by atoms with Crippen molar-refractivity contribution in [3.8, 4) is 0 Å². The number of benzene rings is 1. The summed E-state index contributed by atoms with van der Waals surface area (Å²) in [6.07, 6.45) is -0.370. The van der Waals surface area contributed by atoms with Crippen LogP contribution in [0.2, 0.25) is 0 Å². The number of anilines is 2. The van der Waals surface area contributed by atoms with E-state index in [-0.39, 0.29) is 24.7 Å². The van der Waals surface area contributed by atoms with Crippen LogP contribution in [0.4, 0.5) is 16.2 Å². The molecule has 0 spiro atoms. The minimum absolute atomic E-state index is 0.0421. The third-order valence-corrected chi connectivity index (χ3v) is 4.49. The fourth-order valence-corrected chi connectivity index (χ4v) is 2.87. The lowest BCUT2D eigenvalue weighted by molar-refractivity contribution is -0.125. The fourth-order valence-electron chi connectivity index (χ4n) is 2.42. The molecule has 2 saturated heterocycles. The highest BCUT2D eigenvalue weighted by Crippen LogP contribution is 2.26. The van der Waals surface area contributed by atoms with Crippen LogP contribution in [-0.4, -0.2) is 48.8 Å². The molecule has 1 atom stereocenters. The van der Waals surface area contributed by atoms with E-state index in [2.05, 4.69) is 22.6 Å². The molecule has 2 aliphatic heterocycles. The van der Waals surface area contributed by atoms with E-state index >= 15 is 0 Å². The molecule has 112 valence electrons. The van der Waals surface area contributed by atoms with Gasteiger partial charge in [0.1, 0.15) is 12.7 Å². The molecule has 6 nitrogen and oxygen atoms in total. The van der Waals surface area contributed by atoms with Crippen molar-refractivity contribution in [2.24, 2.45) is 0 Å². The predicted octanol–water partition coefficient (Wildman–Crippen LogP) is 1.81. The van der Waals surface area contributed by atoms with Crippen LogP contribution in [0.3, 0.4) is 0 Å². The number of cyclic esters (lactones) is 1. The molecule has 2 heterocycles. The second kappa shape index (κ2) is 6.18. The van der Waals surface area contributed by atoms with E-state index in [1.54, 1.807) is 9.80 Å². The second-order valence-corrected chi connectivity index (χ2v) is 5.77. The molecular weight excluding hydrogens is 387 g/mol. The number of amides is 2. The summed E-state index contributed by atoms with van der Waals surface area (Å²) in [7, 11) is 0. The summed E-state index contributed by atoms with van der Waals surface area (Å²) < 4.78 is 11.1. The molecule has 0 aromatic heterocycles. The monoisotopic (exact) mass is 402 g/mol. The van der Waals surface area contributed by atoms with Crippen molar-refractivity contribution in [1.82, 2.24) is 0 Å². The van der Waals surface area contributed by atoms with E-state index in [1.807, 2.05) is 24.3 Å². The van der Waals surface area contributed by atoms with E-state index < -0.39 is 0 Å². The summed E-state index contributed by atoms with van der Waals surface area (Å²) >= 11 is 2.21. The van der Waals surface area contributed by atoms with Gasteiger partial charge in [0.25, 0.3) is 5.91 Å². The standard InChI is InChI=1S/C14H15IN2O4/c15-7-12-8-17(14(19)21-12)11-3-1-10(2-4-11)16-5-6-20-9-13(16)18/h1-4,12H,5-9H2/t12-/m0/s1. The molecule has 0 unspecified atom stereocenters. The lowest BCUT2D eigenvalue weighted by Crippen LogP contribution is -2.41. The van der Waals surface area contributed by atoms with Gasteiger partial charge in [0.05, 0.1) is 13.2 Å². The number of hydrogen-bond donors (Lipinski definition) is 0. The SMILES string of the molecule is O=C1COCCN1c1ccc(N2C[C@H](CI)OC2=O)cc1. The number of alkyl halides is 1. The highest BCUT2D eigenvalue weighted by atomic mass is 127. The molecule has 2 fully saturated rings. The Kier molecular flexibility index (Phi) is 4.29. The van der Waals surface area contributed by atoms with Gasteiger partial charge in [-0.2, -0.15) is 0 Å². The largest absolute Gasteiger partial charge is 0.443 e. The summed E-state index contributed by atoms with van der Waals surface area (Å²) in [6.45, 7) is 1.79. The van der Waals surface area contributed by atoms with Crippen molar-refractivity contribution in [2.45, 2.75) is 6.10 Å². The molecule has 0 radical (unpaired) electrons. The zero-order chi connectivity index (χ0) is 14.8. The summed E-state index contributed by atoms with van der Waals surface area (Å²) in [6, 6.07) is 7.39. The lowest BCUT2D eigenvalue weighted by atomic mass is 10.2. The smallest absolute Gasteiger partial charge is 0.414 e. The normalized spacial score (nSPS) is 22.6. The van der Waals surface area contributed by atoms with Gasteiger partial charge in [0.2, 0.25) is 0 Å². The van der Waals surface area contributed by atoms with Crippen LogP contribution < -0.4 is 9.80 Å². The van der Waals surface area contributed by atoms with Crippen molar-refractivity contribution in [1.29, 1.82) is 0 Å². The molecule has 2 amide bonds. The molecule has 1 aromatic rings. The Balaban J connectivity index is 1.75. The first-order valence-corrected chi connectivity index (χ1v) is 8.24. The molecule has 2 aliphatic rings. The maximum Gasteiger partial charge on any atom is 0.414 e. The average Bonchev–Trinajstić information content (AvgIpc) is 2.89. The zero-order valence-corrected chi connectivity index (χ0v) is 13.5. The molecule has 3 rings (SSSR count). The molecule has 0 bridgehead atoms. The van der Waals surface area contributed by atoms with Crippen molar-refractivity contribution in [3.63, 3.8) is 0 Å². The predicted molar refractivity (Wildman–Crippen MR) is 86.1 cm³/mol. The van der Waals surface area contributed by atoms with Gasteiger partial charge in [0.15, 0.2) is 0 Å². The number of hydrogen-bond acceptors (Lipinski definition) is 4. The molecule has 21 heavy (non-hydrogen) atoms. The van der Waals surface area contributed by atoms with Gasteiger partial charge >= 0.3 is 6.09 Å². The highest BCUT2D eigenvalue weighted by Gasteiger charge is 2.31. The molecule has 0 aliphatic carbocycles. The van der Waals surface area contributed by atoms with Gasteiger partial charge in [-0.05, 0) is 24.3 Å². The Morgan fingerprint density at radius 2 is 1.81 bits per heavy atom. The Morgan fingerprint density at radius 1 is 1.14 bits per heavy atom. The van der Waals surface area contributed by atoms with Gasteiger partial charge in [-0.3, -0.25) is 9.69 Å². The Morgan fingerprint density at radius 3 is 2.38 bits per heavy atom. The number of carbonyl (C=O) groups excluding carboxylic acids is 2. The molecule has 0 saturated carbocycles. The van der Waals surface area contributed by atoms with Gasteiger partial charge < -0.3 is 14.4 Å². The van der Waals surface area contributed by atoms with Crippen LogP contribution in [0.5, 0.6) is 0 Å². The molecule has 0 N–H and O–H groups in total. The number of morpholine rings is 1. The van der Waals surface area contributed by atoms with Gasteiger partial charge in [0, 0.05) is 22.3 Å². The fraction of sp³-hybridized carbons (Fsp3) is 0.429. The summed E-state index contributed by atoms with van der Waals surface area (Å²) in [4.78, 5) is 26.9. The van der Waals surface area contributed by atoms with Gasteiger partial charge in [-0.25, -0.2) is 4.79 Å². The molecule has 7 heteroatoms. The number of ether oxygens (including phenoxy) is 2. The molecule has 1 aromatic carbocycles. The third kappa shape index (κ3) is 2.98. The summed E-state index contributed by atoms with van der Waals surface area (Å²) in [5.41, 5.74) is 1.61. The van der Waals surface area contributed by atoms with Crippen LogP contribution in [0.1, 0.15) is 0 Å². The van der Waals surface area contributed by atoms with Crippen molar-refractivity contribution in [2.75, 3.05) is 40.5 Å². The number of carbonyl (C=O) groups is 2. The van der Waals surface area contributed by atoms with Crippen LogP contribution in [0.25, 0.3) is 0 Å². The lowest BCUT2D eigenvalue weighted by Gasteiger charge is -2.27. The quantitative estimate of drug-likeness (QED) is 0.572. The van der Waals surface area contributed by atoms with Crippen LogP contribution >= 0.6 is 22.6 Å². The maximum absolute atomic E-state index is 11.8. The first-order chi connectivity index (χ1) is 10.2. The maximum atomic E-state index is 11.8. The Labute approximate surface area is 136 Å². The molecular formula is C14H15IN2O4. The van der Waals surface area contributed by atoms with Crippen molar-refractivity contribution >= 4 is 46.0 Å². The Bertz CT molecular complexity index is 548. The van der Waals surface area contributed by atoms with Crippen molar-refractivity contribution in [3.05, 3.63) is 24.3 Å². The third-order valence-electron chi connectivity index (χ3n) is 3.51. The Hall–Kier alpha value is -1.35. The highest BCUT2D eigenvalue weighted by molar-refractivity contribution is 14.1.